The highest BCUT2D eigenvalue weighted by Crippen LogP contribution is 2.45. The summed E-state index contributed by atoms with van der Waals surface area (Å²) in [6.07, 6.45) is 5.30. The maximum Gasteiger partial charge on any atom is 0.310 e. The molecule has 5 heteroatoms. The normalized spacial score (nSPS) is 22.6. The number of hydrogen-bond acceptors (Lipinski definition) is 2. The number of fused-ring (bicyclic) bond motifs is 1. The van der Waals surface area contributed by atoms with Crippen LogP contribution in [0.4, 0.5) is 0 Å². The predicted octanol–water partition coefficient (Wildman–Crippen LogP) is 3.87. The number of likely N-dealkylation sites (tertiary alicyclic amines) is 1. The maximum atomic E-state index is 13.0. The van der Waals surface area contributed by atoms with Crippen LogP contribution in [0.3, 0.4) is 0 Å². The van der Waals surface area contributed by atoms with Gasteiger partial charge in [0.25, 0.3) is 0 Å². The molecule has 1 atom stereocenters. The largest absolute Gasteiger partial charge is 0.481 e. The molecule has 2 N–H and O–H groups in total. The lowest BCUT2D eigenvalue weighted by Crippen LogP contribution is -2.46. The summed E-state index contributed by atoms with van der Waals surface area (Å²) in [4.78, 5) is 29.9. The van der Waals surface area contributed by atoms with E-state index in [2.05, 4.69) is 17.1 Å². The van der Waals surface area contributed by atoms with E-state index in [9.17, 15) is 14.7 Å². The third-order valence-electron chi connectivity index (χ3n) is 5.99. The van der Waals surface area contributed by atoms with E-state index in [-0.39, 0.29) is 18.4 Å². The SMILES string of the molecule is O=C(CC1(C(=O)O)CCC1)N1CCCCC1c1cc2ccccc2[nH]1. The minimum absolute atomic E-state index is 0.00884. The minimum atomic E-state index is -0.820. The topological polar surface area (TPSA) is 73.4 Å². The van der Waals surface area contributed by atoms with Crippen molar-refractivity contribution in [3.05, 3.63) is 36.0 Å². The molecule has 132 valence electrons. The van der Waals surface area contributed by atoms with Gasteiger partial charge in [0.05, 0.1) is 11.5 Å². The number of piperidine rings is 1. The summed E-state index contributed by atoms with van der Waals surface area (Å²) >= 11 is 0. The second-order valence-electron chi connectivity index (χ2n) is 7.53. The second-order valence-corrected chi connectivity index (χ2v) is 7.53. The Bertz CT molecular complexity index is 773. The van der Waals surface area contributed by atoms with Crippen molar-refractivity contribution in [2.75, 3.05) is 6.54 Å². The van der Waals surface area contributed by atoms with Crippen LogP contribution in [-0.2, 0) is 9.59 Å². The van der Waals surface area contributed by atoms with Gasteiger partial charge in [0.15, 0.2) is 0 Å². The van der Waals surface area contributed by atoms with E-state index in [1.807, 2.05) is 23.1 Å². The van der Waals surface area contributed by atoms with Crippen LogP contribution < -0.4 is 0 Å². The number of aromatic amines is 1. The van der Waals surface area contributed by atoms with Gasteiger partial charge in [-0.1, -0.05) is 24.6 Å². The quantitative estimate of drug-likeness (QED) is 0.887. The van der Waals surface area contributed by atoms with Crippen molar-refractivity contribution in [3.63, 3.8) is 0 Å². The van der Waals surface area contributed by atoms with Gasteiger partial charge in [-0.25, -0.2) is 0 Å². The van der Waals surface area contributed by atoms with E-state index in [4.69, 9.17) is 0 Å². The molecule has 1 unspecified atom stereocenters. The summed E-state index contributed by atoms with van der Waals surface area (Å²) in [5.41, 5.74) is 1.32. The molecule has 1 saturated heterocycles. The number of benzene rings is 1. The number of nitrogens with one attached hydrogen (secondary N) is 1. The number of para-hydroxylation sites is 1. The number of carboxylic acids is 1. The molecule has 0 bridgehead atoms. The van der Waals surface area contributed by atoms with E-state index in [1.165, 1.54) is 0 Å². The molecule has 1 saturated carbocycles. The summed E-state index contributed by atoms with van der Waals surface area (Å²) in [6, 6.07) is 10.3. The second kappa shape index (κ2) is 6.21. The average molecular weight is 340 g/mol. The lowest BCUT2D eigenvalue weighted by molar-refractivity contribution is -0.160. The number of H-pyrrole nitrogens is 1. The van der Waals surface area contributed by atoms with E-state index < -0.39 is 11.4 Å². The molecule has 2 aliphatic rings. The molecule has 1 aliphatic heterocycles. The molecule has 1 aliphatic carbocycles. The molecular formula is C20H24N2O3. The van der Waals surface area contributed by atoms with Crippen LogP contribution in [0, 0.1) is 5.41 Å². The third kappa shape index (κ3) is 2.81. The van der Waals surface area contributed by atoms with Crippen LogP contribution in [-0.4, -0.2) is 33.4 Å². The van der Waals surface area contributed by atoms with Gasteiger partial charge in [0.1, 0.15) is 0 Å². The van der Waals surface area contributed by atoms with Gasteiger partial charge < -0.3 is 15.0 Å². The first kappa shape index (κ1) is 16.2. The summed E-state index contributed by atoms with van der Waals surface area (Å²) < 4.78 is 0. The number of hydrogen-bond donors (Lipinski definition) is 2. The smallest absolute Gasteiger partial charge is 0.310 e. The summed E-state index contributed by atoms with van der Waals surface area (Å²) in [7, 11) is 0. The predicted molar refractivity (Wildman–Crippen MR) is 95.1 cm³/mol. The van der Waals surface area contributed by atoms with Crippen LogP contribution in [0.5, 0.6) is 0 Å². The number of carbonyl (C=O) groups excluding carboxylic acids is 1. The van der Waals surface area contributed by atoms with Gasteiger partial charge >= 0.3 is 5.97 Å². The molecule has 2 aromatic rings. The zero-order chi connectivity index (χ0) is 17.4. The van der Waals surface area contributed by atoms with Crippen LogP contribution in [0.15, 0.2) is 30.3 Å². The average Bonchev–Trinajstić information content (AvgIpc) is 3.01. The Hall–Kier alpha value is -2.30. The number of nitrogens with zero attached hydrogens (tertiary/aromatic N) is 1. The Morgan fingerprint density at radius 2 is 2.00 bits per heavy atom. The molecule has 1 aromatic heterocycles. The van der Waals surface area contributed by atoms with Gasteiger partial charge in [0.2, 0.25) is 5.91 Å². The first-order valence-electron chi connectivity index (χ1n) is 9.20. The van der Waals surface area contributed by atoms with Crippen molar-refractivity contribution in [1.29, 1.82) is 0 Å². The van der Waals surface area contributed by atoms with Crippen molar-refractivity contribution >= 4 is 22.8 Å². The number of aliphatic carboxylic acids is 1. The fraction of sp³-hybridized carbons (Fsp3) is 0.500. The molecule has 2 fully saturated rings. The van der Waals surface area contributed by atoms with Crippen LogP contribution in [0.1, 0.15) is 56.7 Å². The Labute approximate surface area is 147 Å². The Kier molecular flexibility index (Phi) is 4.02. The zero-order valence-electron chi connectivity index (χ0n) is 14.3. The molecule has 5 nitrogen and oxygen atoms in total. The third-order valence-corrected chi connectivity index (χ3v) is 5.99. The molecule has 25 heavy (non-hydrogen) atoms. The first-order chi connectivity index (χ1) is 12.1. The highest BCUT2D eigenvalue weighted by atomic mass is 16.4. The maximum absolute atomic E-state index is 13.0. The highest BCUT2D eigenvalue weighted by molar-refractivity contribution is 5.86. The molecule has 4 rings (SSSR count). The van der Waals surface area contributed by atoms with Crippen molar-refractivity contribution in [1.82, 2.24) is 9.88 Å². The molecule has 2 heterocycles. The van der Waals surface area contributed by atoms with Crippen molar-refractivity contribution in [2.24, 2.45) is 5.41 Å². The van der Waals surface area contributed by atoms with Crippen LogP contribution >= 0.6 is 0 Å². The van der Waals surface area contributed by atoms with Gasteiger partial charge in [-0.2, -0.15) is 0 Å². The number of carboxylic acid groups (broad SMARTS) is 1. The monoisotopic (exact) mass is 340 g/mol. The van der Waals surface area contributed by atoms with E-state index in [1.54, 1.807) is 0 Å². The Morgan fingerprint density at radius 3 is 2.68 bits per heavy atom. The van der Waals surface area contributed by atoms with Gasteiger partial charge in [0, 0.05) is 24.2 Å². The molecule has 0 radical (unpaired) electrons. The Balaban J connectivity index is 1.58. The number of amides is 1. The first-order valence-corrected chi connectivity index (χ1v) is 9.20. The van der Waals surface area contributed by atoms with E-state index in [0.29, 0.717) is 19.4 Å². The van der Waals surface area contributed by atoms with Gasteiger partial charge in [-0.15, -0.1) is 0 Å². The zero-order valence-corrected chi connectivity index (χ0v) is 14.3. The minimum Gasteiger partial charge on any atom is -0.481 e. The number of rotatable bonds is 4. The van der Waals surface area contributed by atoms with Crippen molar-refractivity contribution in [2.45, 2.75) is 51.0 Å². The number of aromatic nitrogens is 1. The fourth-order valence-corrected chi connectivity index (χ4v) is 4.29. The van der Waals surface area contributed by atoms with Crippen molar-refractivity contribution < 1.29 is 14.7 Å². The van der Waals surface area contributed by atoms with E-state index >= 15 is 0 Å². The van der Waals surface area contributed by atoms with Crippen molar-refractivity contribution in [3.8, 4) is 0 Å². The molecule has 0 spiro atoms. The molecular weight excluding hydrogens is 316 g/mol. The van der Waals surface area contributed by atoms with Crippen LogP contribution in [0.2, 0.25) is 0 Å². The Morgan fingerprint density at radius 1 is 1.20 bits per heavy atom. The summed E-state index contributed by atoms with van der Waals surface area (Å²) in [5.74, 6) is -0.822. The molecule has 1 aromatic carbocycles. The van der Waals surface area contributed by atoms with Gasteiger partial charge in [-0.3, -0.25) is 9.59 Å². The van der Waals surface area contributed by atoms with E-state index in [0.717, 1.165) is 42.3 Å². The van der Waals surface area contributed by atoms with Crippen LogP contribution in [0.25, 0.3) is 10.9 Å². The summed E-state index contributed by atoms with van der Waals surface area (Å²) in [5, 5.41) is 10.7. The van der Waals surface area contributed by atoms with Gasteiger partial charge in [-0.05, 0) is 49.6 Å². The fourth-order valence-electron chi connectivity index (χ4n) is 4.29. The summed E-state index contributed by atoms with van der Waals surface area (Å²) in [6.45, 7) is 0.717. The lowest BCUT2D eigenvalue weighted by atomic mass is 9.66. The standard InChI is InChI=1S/C20H24N2O3/c23-18(13-20(19(24)25)9-5-10-20)22-11-4-3-8-17(22)16-12-14-6-1-2-7-15(14)21-16/h1-2,6-7,12,17,21H,3-5,8-11,13H2,(H,24,25). The lowest BCUT2D eigenvalue weighted by Gasteiger charge is -2.41. The highest BCUT2D eigenvalue weighted by Gasteiger charge is 2.47. The number of carbonyl (C=O) groups is 2. The molecule has 1 amide bonds.